The molecule has 2 unspecified atom stereocenters. The summed E-state index contributed by atoms with van der Waals surface area (Å²) in [7, 11) is 0. The van der Waals surface area contributed by atoms with Gasteiger partial charge in [0.15, 0.2) is 0 Å². The molecule has 19 heavy (non-hydrogen) atoms. The van der Waals surface area contributed by atoms with Gasteiger partial charge in [0.2, 0.25) is 0 Å². The molecule has 1 aliphatic rings. The number of ether oxygens (including phenoxy) is 1. The Labute approximate surface area is 114 Å². The maximum absolute atomic E-state index is 13.3. The van der Waals surface area contributed by atoms with Crippen LogP contribution in [0.25, 0.3) is 0 Å². The van der Waals surface area contributed by atoms with Crippen LogP contribution in [-0.2, 0) is 4.74 Å². The number of hydrogen-bond donors (Lipinski definition) is 1. The lowest BCUT2D eigenvalue weighted by Gasteiger charge is -2.46. The van der Waals surface area contributed by atoms with Gasteiger partial charge in [0, 0.05) is 18.6 Å². The van der Waals surface area contributed by atoms with Gasteiger partial charge in [-0.2, -0.15) is 0 Å². The molecule has 3 nitrogen and oxygen atoms in total. The van der Waals surface area contributed by atoms with Crippen LogP contribution in [-0.4, -0.2) is 41.8 Å². The number of morpholine rings is 1. The quantitative estimate of drug-likeness (QED) is 0.909. The van der Waals surface area contributed by atoms with Crippen LogP contribution in [0.1, 0.15) is 31.9 Å². The van der Waals surface area contributed by atoms with Gasteiger partial charge in [0.1, 0.15) is 5.82 Å². The van der Waals surface area contributed by atoms with Gasteiger partial charge in [-0.3, -0.25) is 4.90 Å². The number of aliphatic hydroxyl groups excluding tert-OH is 1. The van der Waals surface area contributed by atoms with Gasteiger partial charge in [-0.25, -0.2) is 4.39 Å². The number of hydrogen-bond acceptors (Lipinski definition) is 3. The molecule has 4 heteroatoms. The first-order valence-corrected chi connectivity index (χ1v) is 6.84. The average Bonchev–Trinajstić information content (AvgIpc) is 2.46. The second kappa shape index (κ2) is 5.99. The van der Waals surface area contributed by atoms with Gasteiger partial charge in [0.05, 0.1) is 19.3 Å². The minimum absolute atomic E-state index is 0.308. The topological polar surface area (TPSA) is 32.7 Å². The van der Waals surface area contributed by atoms with Crippen LogP contribution in [0, 0.1) is 5.82 Å². The highest BCUT2D eigenvalue weighted by atomic mass is 19.1. The Bertz CT molecular complexity index is 420. The van der Waals surface area contributed by atoms with Gasteiger partial charge in [0.25, 0.3) is 0 Å². The Morgan fingerprint density at radius 1 is 1.42 bits per heavy atom. The summed E-state index contributed by atoms with van der Waals surface area (Å²) >= 11 is 0. The number of nitrogens with zero attached hydrogens (tertiary/aromatic N) is 1. The fourth-order valence-electron chi connectivity index (χ4n) is 2.70. The molecule has 1 aromatic rings. The second-order valence-corrected chi connectivity index (χ2v) is 5.27. The summed E-state index contributed by atoms with van der Waals surface area (Å²) in [6.07, 6.45) is 0.0938. The summed E-state index contributed by atoms with van der Waals surface area (Å²) in [5.41, 5.74) is 0.244. The molecule has 0 radical (unpaired) electrons. The van der Waals surface area contributed by atoms with E-state index in [2.05, 4.69) is 11.8 Å². The lowest BCUT2D eigenvalue weighted by Crippen LogP contribution is -2.54. The molecule has 2 atom stereocenters. The van der Waals surface area contributed by atoms with Crippen molar-refractivity contribution in [1.29, 1.82) is 0 Å². The van der Waals surface area contributed by atoms with E-state index in [4.69, 9.17) is 4.74 Å². The number of halogens is 1. The molecule has 1 heterocycles. The molecule has 0 bridgehead atoms. The maximum Gasteiger partial charge on any atom is 0.123 e. The van der Waals surface area contributed by atoms with E-state index in [9.17, 15) is 9.50 Å². The van der Waals surface area contributed by atoms with Crippen molar-refractivity contribution < 1.29 is 14.2 Å². The Balaban J connectivity index is 2.24. The fraction of sp³-hybridized carbons (Fsp3) is 0.600. The van der Waals surface area contributed by atoms with E-state index < -0.39 is 11.6 Å². The van der Waals surface area contributed by atoms with Crippen molar-refractivity contribution >= 4 is 0 Å². The third-order valence-electron chi connectivity index (χ3n) is 4.20. The minimum Gasteiger partial charge on any atom is -0.386 e. The highest BCUT2D eigenvalue weighted by Crippen LogP contribution is 2.34. The highest BCUT2D eigenvalue weighted by molar-refractivity contribution is 5.22. The highest BCUT2D eigenvalue weighted by Gasteiger charge is 2.38. The van der Waals surface area contributed by atoms with Crippen molar-refractivity contribution in [3.05, 3.63) is 35.6 Å². The van der Waals surface area contributed by atoms with E-state index in [-0.39, 0.29) is 5.82 Å². The van der Waals surface area contributed by atoms with E-state index in [1.165, 1.54) is 12.1 Å². The molecule has 2 rings (SSSR count). The normalized spacial score (nSPS) is 21.9. The van der Waals surface area contributed by atoms with Crippen LogP contribution in [0.2, 0.25) is 0 Å². The Morgan fingerprint density at radius 2 is 2.11 bits per heavy atom. The molecule has 0 amide bonds. The van der Waals surface area contributed by atoms with Crippen molar-refractivity contribution in [2.45, 2.75) is 31.9 Å². The van der Waals surface area contributed by atoms with Crippen LogP contribution in [0.4, 0.5) is 4.39 Å². The van der Waals surface area contributed by atoms with Crippen molar-refractivity contribution in [2.24, 2.45) is 0 Å². The molecular weight excluding hydrogens is 245 g/mol. The molecule has 1 N–H and O–H groups in total. The molecule has 1 saturated heterocycles. The lowest BCUT2D eigenvalue weighted by molar-refractivity contribution is -0.0735. The smallest absolute Gasteiger partial charge is 0.123 e. The molecule has 1 aliphatic heterocycles. The predicted octanol–water partition coefficient (Wildman–Crippen LogP) is 2.36. The van der Waals surface area contributed by atoms with E-state index in [1.54, 1.807) is 12.1 Å². The SMILES string of the molecule is CCC(C)(C(O)c1cccc(F)c1)N1CCOCC1. The third-order valence-corrected chi connectivity index (χ3v) is 4.20. The third kappa shape index (κ3) is 2.96. The molecule has 0 saturated carbocycles. The molecule has 0 spiro atoms. The molecule has 0 aromatic heterocycles. The number of aliphatic hydroxyl groups is 1. The second-order valence-electron chi connectivity index (χ2n) is 5.27. The first-order valence-electron chi connectivity index (χ1n) is 6.84. The zero-order valence-corrected chi connectivity index (χ0v) is 11.6. The Morgan fingerprint density at radius 3 is 2.68 bits per heavy atom. The Hall–Kier alpha value is -0.970. The largest absolute Gasteiger partial charge is 0.386 e. The molecule has 1 aromatic carbocycles. The van der Waals surface area contributed by atoms with Gasteiger partial charge in [-0.1, -0.05) is 19.1 Å². The predicted molar refractivity (Wildman–Crippen MR) is 72.4 cm³/mol. The van der Waals surface area contributed by atoms with E-state index in [0.29, 0.717) is 18.8 Å². The van der Waals surface area contributed by atoms with E-state index in [1.807, 2.05) is 6.92 Å². The maximum atomic E-state index is 13.3. The lowest BCUT2D eigenvalue weighted by atomic mass is 9.85. The average molecular weight is 267 g/mol. The molecule has 0 aliphatic carbocycles. The summed E-state index contributed by atoms with van der Waals surface area (Å²) in [5, 5.41) is 10.7. The van der Waals surface area contributed by atoms with E-state index >= 15 is 0 Å². The Kier molecular flexibility index (Phi) is 4.55. The van der Waals surface area contributed by atoms with Crippen molar-refractivity contribution in [2.75, 3.05) is 26.3 Å². The summed E-state index contributed by atoms with van der Waals surface area (Å²) in [5.74, 6) is -0.308. The van der Waals surface area contributed by atoms with Crippen LogP contribution in [0.3, 0.4) is 0 Å². The van der Waals surface area contributed by atoms with Crippen LogP contribution in [0.5, 0.6) is 0 Å². The first-order chi connectivity index (χ1) is 9.08. The van der Waals surface area contributed by atoms with Gasteiger partial charge < -0.3 is 9.84 Å². The van der Waals surface area contributed by atoms with E-state index in [0.717, 1.165) is 19.5 Å². The van der Waals surface area contributed by atoms with Crippen LogP contribution < -0.4 is 0 Å². The van der Waals surface area contributed by atoms with Crippen molar-refractivity contribution in [3.8, 4) is 0 Å². The summed E-state index contributed by atoms with van der Waals surface area (Å²) in [4.78, 5) is 2.24. The minimum atomic E-state index is -0.703. The van der Waals surface area contributed by atoms with Crippen LogP contribution in [0.15, 0.2) is 24.3 Å². The van der Waals surface area contributed by atoms with Gasteiger partial charge >= 0.3 is 0 Å². The van der Waals surface area contributed by atoms with Gasteiger partial charge in [-0.05, 0) is 31.0 Å². The van der Waals surface area contributed by atoms with Crippen molar-refractivity contribution in [3.63, 3.8) is 0 Å². The number of rotatable bonds is 4. The summed E-state index contributed by atoms with van der Waals surface area (Å²) in [6.45, 7) is 7.07. The fourth-order valence-corrected chi connectivity index (χ4v) is 2.70. The standard InChI is InChI=1S/C15H22FNO2/c1-3-15(2,17-7-9-19-10-8-17)14(18)12-5-4-6-13(16)11-12/h4-6,11,14,18H,3,7-10H2,1-2H3. The molecule has 106 valence electrons. The zero-order chi connectivity index (χ0) is 13.9. The van der Waals surface area contributed by atoms with Crippen molar-refractivity contribution in [1.82, 2.24) is 4.90 Å². The van der Waals surface area contributed by atoms with Crippen LogP contribution >= 0.6 is 0 Å². The zero-order valence-electron chi connectivity index (χ0n) is 11.6. The monoisotopic (exact) mass is 267 g/mol. The first kappa shape index (κ1) is 14.4. The summed E-state index contributed by atoms with van der Waals surface area (Å²) < 4.78 is 18.7. The summed E-state index contributed by atoms with van der Waals surface area (Å²) in [6, 6.07) is 6.23. The molecular formula is C15H22FNO2. The number of benzene rings is 1. The van der Waals surface area contributed by atoms with Gasteiger partial charge in [-0.15, -0.1) is 0 Å². The molecule has 1 fully saturated rings.